The number of benzene rings is 1. The van der Waals surface area contributed by atoms with Gasteiger partial charge in [0.05, 0.1) is 11.5 Å². The maximum Gasteiger partial charge on any atom is 0.251 e. The van der Waals surface area contributed by atoms with Crippen LogP contribution in [0.3, 0.4) is 0 Å². The third kappa shape index (κ3) is 7.28. The van der Waals surface area contributed by atoms with E-state index in [4.69, 9.17) is 8.94 Å². The number of thioether (sulfide) groups is 1. The minimum Gasteiger partial charge on any atom is -0.464 e. The summed E-state index contributed by atoms with van der Waals surface area (Å²) in [5, 5.41) is 9.57. The molecule has 9 nitrogen and oxygen atoms in total. The molecule has 38 heavy (non-hydrogen) atoms. The molecule has 0 saturated heterocycles. The van der Waals surface area contributed by atoms with Gasteiger partial charge in [0, 0.05) is 17.8 Å². The van der Waals surface area contributed by atoms with Gasteiger partial charge in [0.25, 0.3) is 5.91 Å². The molecule has 2 N–H and O–H groups in total. The third-order valence-corrected chi connectivity index (χ3v) is 7.34. The Balaban J connectivity index is 1.54. The molecule has 3 amide bonds. The van der Waals surface area contributed by atoms with Gasteiger partial charge in [-0.3, -0.25) is 19.3 Å². The van der Waals surface area contributed by atoms with Crippen molar-refractivity contribution in [2.24, 2.45) is 0 Å². The monoisotopic (exact) mass is 538 g/mol. The lowest BCUT2D eigenvalue weighted by molar-refractivity contribution is -0.127. The van der Waals surface area contributed by atoms with E-state index in [0.717, 1.165) is 43.0 Å². The van der Waals surface area contributed by atoms with Crippen LogP contribution in [0.25, 0.3) is 0 Å². The second-order valence-electron chi connectivity index (χ2n) is 9.66. The Hall–Kier alpha value is -3.53. The average Bonchev–Trinajstić information content (AvgIpc) is 3.50. The molecule has 4 rings (SSSR count). The molecule has 2 heterocycles. The molecule has 1 aliphatic rings. The van der Waals surface area contributed by atoms with Crippen molar-refractivity contribution in [3.8, 4) is 0 Å². The van der Waals surface area contributed by atoms with Crippen LogP contribution < -0.4 is 15.5 Å². The molecular formula is C28H34N4O5S. The van der Waals surface area contributed by atoms with E-state index < -0.39 is 6.04 Å². The second-order valence-corrected chi connectivity index (χ2v) is 10.6. The number of rotatable bonds is 10. The Morgan fingerprint density at radius 3 is 2.37 bits per heavy atom. The van der Waals surface area contributed by atoms with Crippen molar-refractivity contribution in [2.45, 2.75) is 65.0 Å². The zero-order chi connectivity index (χ0) is 27.1. The first-order chi connectivity index (χ1) is 18.3. The van der Waals surface area contributed by atoms with Crippen LogP contribution in [0.2, 0.25) is 0 Å². The van der Waals surface area contributed by atoms with Crippen LogP contribution in [0.4, 0.5) is 11.5 Å². The quantitative estimate of drug-likeness (QED) is 0.369. The maximum atomic E-state index is 13.7. The van der Waals surface area contributed by atoms with Crippen LogP contribution in [-0.4, -0.2) is 40.4 Å². The molecule has 0 radical (unpaired) electrons. The topological polar surface area (TPSA) is 118 Å². The van der Waals surface area contributed by atoms with Crippen molar-refractivity contribution in [1.29, 1.82) is 0 Å². The summed E-state index contributed by atoms with van der Waals surface area (Å²) in [5.74, 6) is 1.12. The molecule has 1 aliphatic carbocycles. The molecule has 1 saturated carbocycles. The molecule has 0 spiro atoms. The number of nitrogens with zero attached hydrogens (tertiary/aromatic N) is 2. The van der Waals surface area contributed by atoms with E-state index in [1.165, 1.54) is 11.3 Å². The second kappa shape index (κ2) is 12.8. The summed E-state index contributed by atoms with van der Waals surface area (Å²) in [4.78, 5) is 41.3. The van der Waals surface area contributed by atoms with Crippen molar-refractivity contribution in [3.63, 3.8) is 0 Å². The van der Waals surface area contributed by atoms with E-state index in [1.807, 2.05) is 38.1 Å². The molecular weight excluding hydrogens is 504 g/mol. The predicted molar refractivity (Wildman–Crippen MR) is 147 cm³/mol. The number of hydrogen-bond acceptors (Lipinski definition) is 7. The molecule has 10 heteroatoms. The minimum absolute atomic E-state index is 0.00790. The Morgan fingerprint density at radius 2 is 1.74 bits per heavy atom. The highest BCUT2D eigenvalue weighted by Crippen LogP contribution is 2.31. The predicted octanol–water partition coefficient (Wildman–Crippen LogP) is 5.09. The average molecular weight is 539 g/mol. The summed E-state index contributed by atoms with van der Waals surface area (Å²) in [5.41, 5.74) is 1.62. The lowest BCUT2D eigenvalue weighted by Gasteiger charge is -2.32. The highest BCUT2D eigenvalue weighted by Gasteiger charge is 2.36. The standard InChI is InChI=1S/C28H34N4O5S/c1-18-9-12-22(13-10-18)32(26(34)17-38-16-25(33)30-24-15-20(3)37-31-24)27(23-14-11-19(2)36-23)28(35)29-21-7-5-4-6-8-21/h9-15,21,27H,4-8,16-17H2,1-3H3,(H,29,35)(H,30,31,33)/t27-/m0/s1. The van der Waals surface area contributed by atoms with Crippen molar-refractivity contribution < 1.29 is 23.3 Å². The number of amides is 3. The molecule has 1 aromatic carbocycles. The van der Waals surface area contributed by atoms with Crippen molar-refractivity contribution in [3.05, 3.63) is 65.3 Å². The molecule has 0 bridgehead atoms. The maximum absolute atomic E-state index is 13.7. The highest BCUT2D eigenvalue weighted by molar-refractivity contribution is 8.00. The van der Waals surface area contributed by atoms with Crippen LogP contribution >= 0.6 is 11.8 Å². The molecule has 2 aromatic heterocycles. The molecule has 0 aliphatic heterocycles. The van der Waals surface area contributed by atoms with Gasteiger partial charge in [-0.2, -0.15) is 0 Å². The zero-order valence-corrected chi connectivity index (χ0v) is 22.8. The van der Waals surface area contributed by atoms with Gasteiger partial charge in [0.2, 0.25) is 11.8 Å². The van der Waals surface area contributed by atoms with Gasteiger partial charge in [-0.15, -0.1) is 11.8 Å². The van der Waals surface area contributed by atoms with Gasteiger partial charge in [-0.25, -0.2) is 0 Å². The zero-order valence-electron chi connectivity index (χ0n) is 22.0. The first-order valence-corrected chi connectivity index (χ1v) is 14.0. The van der Waals surface area contributed by atoms with Gasteiger partial charge in [0.1, 0.15) is 17.3 Å². The Kier molecular flexibility index (Phi) is 9.28. The fourth-order valence-electron chi connectivity index (χ4n) is 4.55. The first-order valence-electron chi connectivity index (χ1n) is 12.9. The van der Waals surface area contributed by atoms with Gasteiger partial charge < -0.3 is 19.6 Å². The molecule has 202 valence electrons. The van der Waals surface area contributed by atoms with E-state index in [1.54, 1.807) is 25.1 Å². The van der Waals surface area contributed by atoms with Gasteiger partial charge >= 0.3 is 0 Å². The number of nitrogens with one attached hydrogen (secondary N) is 2. The van der Waals surface area contributed by atoms with Crippen molar-refractivity contribution in [2.75, 3.05) is 21.7 Å². The van der Waals surface area contributed by atoms with Gasteiger partial charge in [-0.05, 0) is 57.9 Å². The Morgan fingerprint density at radius 1 is 1.00 bits per heavy atom. The number of carbonyl (C=O) groups is 3. The summed E-state index contributed by atoms with van der Waals surface area (Å²) in [7, 11) is 0. The van der Waals surface area contributed by atoms with Crippen molar-refractivity contribution in [1.82, 2.24) is 10.5 Å². The fraction of sp³-hybridized carbons (Fsp3) is 0.429. The summed E-state index contributed by atoms with van der Waals surface area (Å²) in [6.07, 6.45) is 5.15. The number of aryl methyl sites for hydroxylation is 3. The molecule has 0 unspecified atom stereocenters. The first kappa shape index (κ1) is 27.5. The van der Waals surface area contributed by atoms with E-state index in [2.05, 4.69) is 15.8 Å². The summed E-state index contributed by atoms with van der Waals surface area (Å²) < 4.78 is 10.9. The number of hydrogen-bond donors (Lipinski definition) is 2. The lowest BCUT2D eigenvalue weighted by Crippen LogP contribution is -2.47. The van der Waals surface area contributed by atoms with Crippen LogP contribution in [0.1, 0.15) is 61.0 Å². The third-order valence-electron chi connectivity index (χ3n) is 6.42. The number of anilines is 2. The van der Waals surface area contributed by atoms with Crippen LogP contribution in [0.5, 0.6) is 0 Å². The van der Waals surface area contributed by atoms with E-state index in [-0.39, 0.29) is 35.3 Å². The SMILES string of the molecule is Cc1ccc(N(C(=O)CSCC(=O)Nc2cc(C)on2)[C@H](C(=O)NC2CCCCC2)c2ccc(C)o2)cc1. The van der Waals surface area contributed by atoms with E-state index in [0.29, 0.717) is 28.8 Å². The molecule has 3 aromatic rings. The largest absolute Gasteiger partial charge is 0.464 e. The van der Waals surface area contributed by atoms with Crippen molar-refractivity contribution >= 4 is 41.0 Å². The van der Waals surface area contributed by atoms with Gasteiger partial charge in [-0.1, -0.05) is 42.1 Å². The Labute approximate surface area is 226 Å². The lowest BCUT2D eigenvalue weighted by atomic mass is 9.95. The van der Waals surface area contributed by atoms with Gasteiger partial charge in [0.15, 0.2) is 11.9 Å². The smallest absolute Gasteiger partial charge is 0.251 e. The minimum atomic E-state index is -0.978. The number of aromatic nitrogens is 1. The van der Waals surface area contributed by atoms with Crippen LogP contribution in [0, 0.1) is 20.8 Å². The normalized spacial score (nSPS) is 14.6. The van der Waals surface area contributed by atoms with Crippen LogP contribution in [0.15, 0.2) is 51.4 Å². The number of furan rings is 1. The summed E-state index contributed by atoms with van der Waals surface area (Å²) in [6.45, 7) is 5.50. The van der Waals surface area contributed by atoms with E-state index >= 15 is 0 Å². The van der Waals surface area contributed by atoms with Crippen LogP contribution in [-0.2, 0) is 14.4 Å². The molecule has 1 fully saturated rings. The Bertz CT molecular complexity index is 1250. The summed E-state index contributed by atoms with van der Waals surface area (Å²) in [6, 6.07) is 11.7. The number of carbonyl (C=O) groups excluding carboxylic acids is 3. The summed E-state index contributed by atoms with van der Waals surface area (Å²) >= 11 is 1.16. The fourth-order valence-corrected chi connectivity index (χ4v) is 5.22. The molecule has 1 atom stereocenters. The van der Waals surface area contributed by atoms with E-state index in [9.17, 15) is 14.4 Å². The highest BCUT2D eigenvalue weighted by atomic mass is 32.2.